The molecule has 12 heavy (non-hydrogen) atoms. The fraction of sp³-hybridized carbons (Fsp3) is 0.286. The van der Waals surface area contributed by atoms with Crippen LogP contribution >= 0.6 is 0 Å². The molecule has 62 valence electrons. The van der Waals surface area contributed by atoms with Crippen molar-refractivity contribution < 1.29 is 0 Å². The van der Waals surface area contributed by atoms with Gasteiger partial charge in [-0.2, -0.15) is 10.1 Å². The molecule has 0 aliphatic carbocycles. The highest BCUT2D eigenvalue weighted by molar-refractivity contribution is 5.26. The Bertz CT molecular complexity index is 456. The summed E-state index contributed by atoms with van der Waals surface area (Å²) in [5.74, 6) is 0.499. The molecule has 0 unspecified atom stereocenters. The van der Waals surface area contributed by atoms with Crippen molar-refractivity contribution in [1.29, 1.82) is 0 Å². The number of aromatic amines is 1. The fourth-order valence-corrected chi connectivity index (χ4v) is 1.15. The van der Waals surface area contributed by atoms with Crippen LogP contribution in [0.4, 0.5) is 0 Å². The lowest BCUT2D eigenvalue weighted by Gasteiger charge is -1.97. The van der Waals surface area contributed by atoms with Gasteiger partial charge in [-0.3, -0.25) is 9.78 Å². The highest BCUT2D eigenvalue weighted by atomic mass is 16.1. The van der Waals surface area contributed by atoms with Gasteiger partial charge >= 0.3 is 0 Å². The van der Waals surface area contributed by atoms with E-state index in [4.69, 9.17) is 0 Å². The van der Waals surface area contributed by atoms with Gasteiger partial charge in [-0.25, -0.2) is 4.52 Å². The number of H-pyrrole nitrogens is 1. The van der Waals surface area contributed by atoms with Crippen LogP contribution < -0.4 is 5.56 Å². The molecule has 0 amide bonds. The van der Waals surface area contributed by atoms with Crippen molar-refractivity contribution >= 4 is 5.78 Å². The topological polar surface area (TPSA) is 63.0 Å². The van der Waals surface area contributed by atoms with Crippen LogP contribution in [0, 0.1) is 0 Å². The van der Waals surface area contributed by atoms with Gasteiger partial charge in [0.15, 0.2) is 0 Å². The third kappa shape index (κ3) is 0.903. The van der Waals surface area contributed by atoms with Crippen molar-refractivity contribution in [2.24, 2.45) is 0 Å². The molecule has 0 aliphatic rings. The zero-order valence-corrected chi connectivity index (χ0v) is 6.61. The predicted molar refractivity (Wildman–Crippen MR) is 43.0 cm³/mol. The van der Waals surface area contributed by atoms with E-state index < -0.39 is 0 Å². The maximum atomic E-state index is 11.0. The summed E-state index contributed by atoms with van der Waals surface area (Å²) in [5, 5.41) is 3.97. The van der Waals surface area contributed by atoms with E-state index in [1.807, 2.05) is 6.92 Å². The lowest BCUT2D eigenvalue weighted by atomic mass is 10.3. The molecule has 2 rings (SSSR count). The first-order chi connectivity index (χ1) is 5.81. The SMILES string of the molecule is CCc1cc(=O)[nH]c2ncnn12. The van der Waals surface area contributed by atoms with Gasteiger partial charge in [-0.15, -0.1) is 0 Å². The van der Waals surface area contributed by atoms with Gasteiger partial charge in [0.2, 0.25) is 5.78 Å². The van der Waals surface area contributed by atoms with Crippen molar-refractivity contribution in [2.45, 2.75) is 13.3 Å². The third-order valence-corrected chi connectivity index (χ3v) is 1.71. The first kappa shape index (κ1) is 7.02. The summed E-state index contributed by atoms with van der Waals surface area (Å²) in [4.78, 5) is 17.5. The summed E-state index contributed by atoms with van der Waals surface area (Å²) in [6.45, 7) is 1.97. The zero-order chi connectivity index (χ0) is 8.55. The van der Waals surface area contributed by atoms with Gasteiger partial charge in [0.05, 0.1) is 5.69 Å². The molecule has 0 aliphatic heterocycles. The Morgan fingerprint density at radius 3 is 3.25 bits per heavy atom. The van der Waals surface area contributed by atoms with Gasteiger partial charge in [0.1, 0.15) is 6.33 Å². The third-order valence-electron chi connectivity index (χ3n) is 1.71. The first-order valence-electron chi connectivity index (χ1n) is 3.73. The number of hydrogen-bond acceptors (Lipinski definition) is 3. The van der Waals surface area contributed by atoms with Crippen molar-refractivity contribution in [3.8, 4) is 0 Å². The Morgan fingerprint density at radius 1 is 1.67 bits per heavy atom. The molecule has 0 saturated heterocycles. The molecule has 5 heteroatoms. The summed E-state index contributed by atoms with van der Waals surface area (Å²) >= 11 is 0. The maximum Gasteiger partial charge on any atom is 0.252 e. The molecule has 0 spiro atoms. The number of nitrogens with zero attached hydrogens (tertiary/aromatic N) is 3. The second-order valence-corrected chi connectivity index (χ2v) is 2.47. The number of aromatic nitrogens is 4. The van der Waals surface area contributed by atoms with E-state index in [0.717, 1.165) is 12.1 Å². The van der Waals surface area contributed by atoms with Crippen molar-refractivity contribution in [1.82, 2.24) is 19.6 Å². The molecule has 2 heterocycles. The number of fused-ring (bicyclic) bond motifs is 1. The predicted octanol–water partition coefficient (Wildman–Crippen LogP) is -0.0200. The lowest BCUT2D eigenvalue weighted by molar-refractivity contribution is 0.842. The molecule has 0 aromatic carbocycles. The van der Waals surface area contributed by atoms with E-state index in [-0.39, 0.29) is 5.56 Å². The van der Waals surface area contributed by atoms with Crippen molar-refractivity contribution in [3.05, 3.63) is 28.4 Å². The Balaban J connectivity index is 2.89. The molecule has 1 N–H and O–H groups in total. The van der Waals surface area contributed by atoms with Gasteiger partial charge < -0.3 is 0 Å². The van der Waals surface area contributed by atoms with E-state index in [2.05, 4.69) is 15.1 Å². The average Bonchev–Trinajstić information content (AvgIpc) is 2.50. The quantitative estimate of drug-likeness (QED) is 0.644. The molecule has 2 aromatic rings. The van der Waals surface area contributed by atoms with Crippen LogP contribution in [0.2, 0.25) is 0 Å². The van der Waals surface area contributed by atoms with E-state index in [1.54, 1.807) is 4.52 Å². The highest BCUT2D eigenvalue weighted by Crippen LogP contribution is 1.96. The number of hydrogen-bond donors (Lipinski definition) is 1. The van der Waals surface area contributed by atoms with Gasteiger partial charge in [-0.05, 0) is 6.42 Å². The second-order valence-electron chi connectivity index (χ2n) is 2.47. The molecule has 0 fully saturated rings. The molecule has 0 atom stereocenters. The minimum Gasteiger partial charge on any atom is -0.291 e. The fourth-order valence-electron chi connectivity index (χ4n) is 1.15. The minimum atomic E-state index is -0.132. The molecule has 0 radical (unpaired) electrons. The van der Waals surface area contributed by atoms with Gasteiger partial charge in [-0.1, -0.05) is 6.92 Å². The summed E-state index contributed by atoms with van der Waals surface area (Å²) in [7, 11) is 0. The van der Waals surface area contributed by atoms with E-state index in [9.17, 15) is 4.79 Å². The zero-order valence-electron chi connectivity index (χ0n) is 6.61. The lowest BCUT2D eigenvalue weighted by Crippen LogP contribution is -2.11. The molecule has 2 aromatic heterocycles. The van der Waals surface area contributed by atoms with Crippen LogP contribution in [-0.4, -0.2) is 19.6 Å². The molecule has 0 saturated carbocycles. The summed E-state index contributed by atoms with van der Waals surface area (Å²) in [6.07, 6.45) is 2.19. The Morgan fingerprint density at radius 2 is 2.50 bits per heavy atom. The Kier molecular flexibility index (Phi) is 1.43. The summed E-state index contributed by atoms with van der Waals surface area (Å²) in [6, 6.07) is 1.53. The average molecular weight is 164 g/mol. The monoisotopic (exact) mass is 164 g/mol. The molecular formula is C7H8N4O. The Hall–Kier alpha value is -1.65. The minimum absolute atomic E-state index is 0.132. The van der Waals surface area contributed by atoms with Crippen LogP contribution in [0.5, 0.6) is 0 Å². The maximum absolute atomic E-state index is 11.0. The second kappa shape index (κ2) is 2.44. The summed E-state index contributed by atoms with van der Waals surface area (Å²) in [5.41, 5.74) is 0.735. The van der Waals surface area contributed by atoms with Crippen LogP contribution in [-0.2, 0) is 6.42 Å². The van der Waals surface area contributed by atoms with E-state index in [1.165, 1.54) is 12.4 Å². The molecular weight excluding hydrogens is 156 g/mol. The molecule has 5 nitrogen and oxygen atoms in total. The van der Waals surface area contributed by atoms with Gasteiger partial charge in [0.25, 0.3) is 5.56 Å². The number of aryl methyl sites for hydroxylation is 1. The smallest absolute Gasteiger partial charge is 0.252 e. The van der Waals surface area contributed by atoms with E-state index >= 15 is 0 Å². The highest BCUT2D eigenvalue weighted by Gasteiger charge is 2.01. The van der Waals surface area contributed by atoms with Crippen LogP contribution in [0.15, 0.2) is 17.2 Å². The van der Waals surface area contributed by atoms with Crippen LogP contribution in [0.25, 0.3) is 5.78 Å². The Labute approximate surface area is 68.1 Å². The standard InChI is InChI=1S/C7H8N4O/c1-2-5-3-6(12)10-7-8-4-9-11(5)7/h3-4H,2H2,1H3,(H,8,9,10,12). The number of rotatable bonds is 1. The largest absolute Gasteiger partial charge is 0.291 e. The van der Waals surface area contributed by atoms with Crippen LogP contribution in [0.3, 0.4) is 0 Å². The summed E-state index contributed by atoms with van der Waals surface area (Å²) < 4.78 is 1.63. The first-order valence-corrected chi connectivity index (χ1v) is 3.73. The normalized spacial score (nSPS) is 10.8. The van der Waals surface area contributed by atoms with Crippen molar-refractivity contribution in [2.75, 3.05) is 0 Å². The van der Waals surface area contributed by atoms with Crippen LogP contribution in [0.1, 0.15) is 12.6 Å². The number of nitrogens with one attached hydrogen (secondary N) is 1. The molecule has 0 bridgehead atoms. The van der Waals surface area contributed by atoms with Crippen molar-refractivity contribution in [3.63, 3.8) is 0 Å². The van der Waals surface area contributed by atoms with Gasteiger partial charge in [0, 0.05) is 6.07 Å². The van der Waals surface area contributed by atoms with E-state index in [0.29, 0.717) is 5.78 Å².